The first-order chi connectivity index (χ1) is 17.0. The summed E-state index contributed by atoms with van der Waals surface area (Å²) in [6.07, 6.45) is 2.94. The third-order valence-corrected chi connectivity index (χ3v) is 9.40. The number of primary amides is 1. The maximum atomic E-state index is 12.4. The van der Waals surface area contributed by atoms with Gasteiger partial charge in [0.05, 0.1) is 0 Å². The second kappa shape index (κ2) is 8.34. The van der Waals surface area contributed by atoms with E-state index in [1.165, 1.54) is 44.5 Å². The minimum atomic E-state index is -0.359. The van der Waals surface area contributed by atoms with Crippen LogP contribution in [0.4, 0.5) is 0 Å². The Morgan fingerprint density at radius 1 is 1.08 bits per heavy atom. The molecule has 184 valence electrons. The molecule has 36 heavy (non-hydrogen) atoms. The van der Waals surface area contributed by atoms with Crippen LogP contribution < -0.4 is 5.73 Å². The van der Waals surface area contributed by atoms with Crippen LogP contribution in [0.15, 0.2) is 84.0 Å². The average Bonchev–Trinajstić information content (AvgIpc) is 2.81. The summed E-state index contributed by atoms with van der Waals surface area (Å²) in [5.74, 6) is 0.447. The number of allylic oxidation sites excluding steroid dienone is 5. The molecule has 2 heteroatoms. The van der Waals surface area contributed by atoms with Gasteiger partial charge in [-0.05, 0) is 115 Å². The molecule has 3 aliphatic rings. The van der Waals surface area contributed by atoms with E-state index in [-0.39, 0.29) is 11.3 Å². The molecule has 3 aliphatic carbocycles. The molecule has 2 aromatic rings. The van der Waals surface area contributed by atoms with Gasteiger partial charge in [-0.2, -0.15) is 0 Å². The smallest absolute Gasteiger partial charge is 0.248 e. The summed E-state index contributed by atoms with van der Waals surface area (Å²) in [5, 5.41) is 0. The number of fused-ring (bicyclic) bond motifs is 3. The fourth-order valence-electron chi connectivity index (χ4n) is 7.36. The Morgan fingerprint density at radius 2 is 1.81 bits per heavy atom. The van der Waals surface area contributed by atoms with E-state index >= 15 is 0 Å². The second-order valence-electron chi connectivity index (χ2n) is 11.4. The normalized spacial score (nSPS) is 25.4. The molecule has 1 amide bonds. The van der Waals surface area contributed by atoms with E-state index in [0.717, 1.165) is 41.6 Å². The molecule has 0 aliphatic heterocycles. The lowest BCUT2D eigenvalue weighted by Crippen LogP contribution is -2.43. The molecule has 0 aromatic heterocycles. The average molecular weight is 476 g/mol. The molecule has 0 saturated carbocycles. The minimum Gasteiger partial charge on any atom is -0.366 e. The van der Waals surface area contributed by atoms with Crippen molar-refractivity contribution in [3.8, 4) is 11.1 Å². The molecule has 2 aromatic carbocycles. The van der Waals surface area contributed by atoms with Gasteiger partial charge in [0.25, 0.3) is 0 Å². The fourth-order valence-corrected chi connectivity index (χ4v) is 7.36. The van der Waals surface area contributed by atoms with Crippen molar-refractivity contribution in [1.29, 1.82) is 0 Å². The summed E-state index contributed by atoms with van der Waals surface area (Å²) in [4.78, 5) is 12.4. The monoisotopic (exact) mass is 475 g/mol. The SMILES string of the molecule is C=C(C)c1cccc(-c2ccc(C)c3c2CC2C[C@H]4CC(C)=C(C(N)=O)C(=C)[C@@]4(C)C(C)=C2C3=C)c1. The van der Waals surface area contributed by atoms with Crippen LogP contribution in [0.3, 0.4) is 0 Å². The van der Waals surface area contributed by atoms with Crippen LogP contribution in [-0.4, -0.2) is 5.91 Å². The van der Waals surface area contributed by atoms with E-state index < -0.39 is 0 Å². The second-order valence-corrected chi connectivity index (χ2v) is 11.4. The van der Waals surface area contributed by atoms with E-state index in [1.807, 2.05) is 6.92 Å². The number of carbonyl (C=O) groups excluding carboxylic acids is 1. The van der Waals surface area contributed by atoms with Crippen LogP contribution in [0.1, 0.15) is 62.8 Å². The zero-order valence-corrected chi connectivity index (χ0v) is 22.3. The van der Waals surface area contributed by atoms with E-state index in [2.05, 4.69) is 83.8 Å². The third-order valence-electron chi connectivity index (χ3n) is 9.40. The predicted octanol–water partition coefficient (Wildman–Crippen LogP) is 7.99. The van der Waals surface area contributed by atoms with Gasteiger partial charge < -0.3 is 5.73 Å². The predicted molar refractivity (Wildman–Crippen MR) is 152 cm³/mol. The van der Waals surface area contributed by atoms with Crippen LogP contribution in [-0.2, 0) is 11.2 Å². The highest BCUT2D eigenvalue weighted by Gasteiger charge is 2.50. The van der Waals surface area contributed by atoms with Crippen molar-refractivity contribution in [2.45, 2.75) is 53.9 Å². The number of rotatable bonds is 3. The van der Waals surface area contributed by atoms with Crippen molar-refractivity contribution in [2.75, 3.05) is 0 Å². The lowest BCUT2D eigenvalue weighted by atomic mass is 9.51. The number of amides is 1. The van der Waals surface area contributed by atoms with E-state index in [4.69, 9.17) is 5.73 Å². The molecule has 0 heterocycles. The van der Waals surface area contributed by atoms with Crippen LogP contribution in [0.2, 0.25) is 0 Å². The lowest BCUT2D eigenvalue weighted by molar-refractivity contribution is -0.114. The number of carbonyl (C=O) groups is 1. The minimum absolute atomic E-state index is 0.280. The van der Waals surface area contributed by atoms with Gasteiger partial charge in [0.15, 0.2) is 0 Å². The Labute approximate surface area is 216 Å². The van der Waals surface area contributed by atoms with Crippen molar-refractivity contribution in [3.05, 3.63) is 106 Å². The highest BCUT2D eigenvalue weighted by atomic mass is 16.1. The third kappa shape index (κ3) is 3.34. The lowest BCUT2D eigenvalue weighted by Gasteiger charge is -2.52. The Hall–Kier alpha value is -3.39. The first-order valence-corrected chi connectivity index (χ1v) is 13.0. The molecule has 5 rings (SSSR count). The molecule has 0 spiro atoms. The van der Waals surface area contributed by atoms with Gasteiger partial charge in [-0.1, -0.05) is 73.7 Å². The maximum Gasteiger partial charge on any atom is 0.248 e. The molecule has 1 unspecified atom stereocenters. The van der Waals surface area contributed by atoms with Crippen molar-refractivity contribution < 1.29 is 4.79 Å². The molecule has 0 fully saturated rings. The summed E-state index contributed by atoms with van der Waals surface area (Å²) < 4.78 is 0. The molecule has 3 atom stereocenters. The molecule has 2 nitrogen and oxygen atoms in total. The van der Waals surface area contributed by atoms with Gasteiger partial charge in [-0.25, -0.2) is 0 Å². The number of benzene rings is 2. The molecular formula is C34H37NO. The van der Waals surface area contributed by atoms with Crippen LogP contribution in [0.25, 0.3) is 22.3 Å². The molecule has 2 N–H and O–H groups in total. The van der Waals surface area contributed by atoms with Crippen molar-refractivity contribution in [3.63, 3.8) is 0 Å². The van der Waals surface area contributed by atoms with E-state index in [0.29, 0.717) is 17.4 Å². The highest BCUT2D eigenvalue weighted by molar-refractivity contribution is 5.98. The van der Waals surface area contributed by atoms with Crippen LogP contribution in [0, 0.1) is 24.2 Å². The Kier molecular flexibility index (Phi) is 5.63. The van der Waals surface area contributed by atoms with Gasteiger partial charge >= 0.3 is 0 Å². The summed E-state index contributed by atoms with van der Waals surface area (Å²) >= 11 is 0. The van der Waals surface area contributed by atoms with Gasteiger partial charge in [-0.15, -0.1) is 0 Å². The first-order valence-electron chi connectivity index (χ1n) is 13.0. The topological polar surface area (TPSA) is 43.1 Å². The molecular weight excluding hydrogens is 438 g/mol. The zero-order chi connectivity index (χ0) is 26.1. The first kappa shape index (κ1) is 24.3. The maximum absolute atomic E-state index is 12.4. The Balaban J connectivity index is 1.68. The van der Waals surface area contributed by atoms with Gasteiger partial charge in [-0.3, -0.25) is 4.79 Å². The quantitative estimate of drug-likeness (QED) is 0.480. The summed E-state index contributed by atoms with van der Waals surface area (Å²) in [7, 11) is 0. The van der Waals surface area contributed by atoms with Crippen molar-refractivity contribution in [1.82, 2.24) is 0 Å². The van der Waals surface area contributed by atoms with Gasteiger partial charge in [0.1, 0.15) is 0 Å². The number of hydrogen-bond acceptors (Lipinski definition) is 1. The van der Waals surface area contributed by atoms with Crippen molar-refractivity contribution >= 4 is 17.1 Å². The molecule has 0 bridgehead atoms. The van der Waals surface area contributed by atoms with Gasteiger partial charge in [0, 0.05) is 11.0 Å². The Morgan fingerprint density at radius 3 is 2.47 bits per heavy atom. The summed E-state index contributed by atoms with van der Waals surface area (Å²) in [6.45, 7) is 24.1. The van der Waals surface area contributed by atoms with Gasteiger partial charge in [0.2, 0.25) is 5.91 Å². The van der Waals surface area contributed by atoms with Crippen LogP contribution >= 0.6 is 0 Å². The number of hydrogen-bond donors (Lipinski definition) is 1. The van der Waals surface area contributed by atoms with Crippen molar-refractivity contribution in [2.24, 2.45) is 23.0 Å². The molecule has 0 radical (unpaired) electrons. The van der Waals surface area contributed by atoms with Crippen LogP contribution in [0.5, 0.6) is 0 Å². The summed E-state index contributed by atoms with van der Waals surface area (Å²) in [6, 6.07) is 13.2. The van der Waals surface area contributed by atoms with E-state index in [1.54, 1.807) is 0 Å². The summed E-state index contributed by atoms with van der Waals surface area (Å²) in [5.41, 5.74) is 20.7. The number of nitrogens with two attached hydrogens (primary N) is 1. The highest BCUT2D eigenvalue weighted by Crippen LogP contribution is 2.61. The molecule has 0 saturated heterocycles. The number of aryl methyl sites for hydroxylation is 1. The largest absolute Gasteiger partial charge is 0.366 e. The standard InChI is InChI=1S/C34H37NO/c1-18(2)24-10-9-11-25(15-24)28-13-12-19(3)30-21(5)32-23(7)34(8)22(6)31(33(35)36)20(4)14-27(34)16-26(32)17-29(28)30/h9-13,15,26-27H,1,5-6,14,16-17H2,2-4,7-8H3,(H2,35,36)/t26?,27-,34+/m1/s1. The fraction of sp³-hybridized carbons (Fsp3) is 0.324. The zero-order valence-electron chi connectivity index (χ0n) is 22.3. The van der Waals surface area contributed by atoms with E-state index in [9.17, 15) is 4.79 Å². The Bertz CT molecular complexity index is 1450.